The van der Waals surface area contributed by atoms with Crippen molar-refractivity contribution < 1.29 is 18.7 Å². The van der Waals surface area contributed by atoms with E-state index in [9.17, 15) is 14.0 Å². The van der Waals surface area contributed by atoms with Gasteiger partial charge in [-0.3, -0.25) is 9.59 Å². The molecule has 0 unspecified atom stereocenters. The van der Waals surface area contributed by atoms with Gasteiger partial charge in [-0.25, -0.2) is 4.39 Å². The highest BCUT2D eigenvalue weighted by molar-refractivity contribution is 9.10. The van der Waals surface area contributed by atoms with Crippen molar-refractivity contribution in [1.29, 1.82) is 0 Å². The highest BCUT2D eigenvalue weighted by Crippen LogP contribution is 2.31. The monoisotopic (exact) mass is 506 g/mol. The van der Waals surface area contributed by atoms with Crippen LogP contribution in [-0.2, 0) is 21.5 Å². The summed E-state index contributed by atoms with van der Waals surface area (Å²) < 4.78 is 20.8. The maximum Gasteiger partial charge on any atom is 0.261 e. The summed E-state index contributed by atoms with van der Waals surface area (Å²) in [6.07, 6.45) is 0. The topological polar surface area (TPSA) is 58.6 Å². The van der Waals surface area contributed by atoms with Crippen LogP contribution in [0.2, 0.25) is 0 Å². The van der Waals surface area contributed by atoms with Crippen molar-refractivity contribution in [3.05, 3.63) is 63.9 Å². The number of nitrogens with one attached hydrogen (secondary N) is 1. The smallest absolute Gasteiger partial charge is 0.261 e. The number of hydrogen-bond donors (Lipinski definition) is 1. The Hall–Kier alpha value is -2.41. The average molecular weight is 507 g/mol. The molecule has 0 aliphatic heterocycles. The van der Waals surface area contributed by atoms with Crippen molar-refractivity contribution in [2.24, 2.45) is 0 Å². The Morgan fingerprint density at radius 1 is 1.12 bits per heavy atom. The third-order valence-electron chi connectivity index (χ3n) is 5.05. The number of halogens is 2. The Labute approximate surface area is 198 Å². The van der Waals surface area contributed by atoms with Crippen molar-refractivity contribution in [2.75, 3.05) is 6.61 Å². The lowest BCUT2D eigenvalue weighted by molar-refractivity contribution is -0.142. The minimum atomic E-state index is -0.792. The van der Waals surface area contributed by atoms with Gasteiger partial charge in [-0.2, -0.15) is 0 Å². The van der Waals surface area contributed by atoms with E-state index in [4.69, 9.17) is 4.74 Å². The SMILES string of the molecule is CC(C)NC(=O)[C@H](C)N(Cc1ccccc1F)C(=O)COc1ccc(C(C)(C)C)cc1Br. The van der Waals surface area contributed by atoms with Gasteiger partial charge < -0.3 is 15.0 Å². The number of carbonyl (C=O) groups excluding carboxylic acids is 2. The Balaban J connectivity index is 2.20. The fourth-order valence-electron chi connectivity index (χ4n) is 3.10. The summed E-state index contributed by atoms with van der Waals surface area (Å²) in [6.45, 7) is 11.3. The lowest BCUT2D eigenvalue weighted by atomic mass is 9.87. The van der Waals surface area contributed by atoms with Gasteiger partial charge in [0.1, 0.15) is 17.6 Å². The van der Waals surface area contributed by atoms with Gasteiger partial charge in [0.2, 0.25) is 5.91 Å². The molecular formula is C25H32BrFN2O3. The molecule has 2 rings (SSSR count). The minimum absolute atomic E-state index is 0.0212. The lowest BCUT2D eigenvalue weighted by Gasteiger charge is -2.29. The third kappa shape index (κ3) is 7.05. The zero-order valence-corrected chi connectivity index (χ0v) is 21.1. The molecule has 2 amide bonds. The first-order valence-electron chi connectivity index (χ1n) is 10.7. The van der Waals surface area contributed by atoms with Crippen LogP contribution < -0.4 is 10.1 Å². The first kappa shape index (κ1) is 25.8. The number of hydrogen-bond acceptors (Lipinski definition) is 3. The highest BCUT2D eigenvalue weighted by Gasteiger charge is 2.28. The van der Waals surface area contributed by atoms with Gasteiger partial charge in [-0.15, -0.1) is 0 Å². The van der Waals surface area contributed by atoms with Crippen molar-refractivity contribution in [1.82, 2.24) is 10.2 Å². The van der Waals surface area contributed by atoms with E-state index in [-0.39, 0.29) is 30.5 Å². The summed E-state index contributed by atoms with van der Waals surface area (Å²) >= 11 is 3.51. The minimum Gasteiger partial charge on any atom is -0.483 e. The molecule has 0 spiro atoms. The van der Waals surface area contributed by atoms with Gasteiger partial charge >= 0.3 is 0 Å². The molecule has 0 aliphatic rings. The average Bonchev–Trinajstić information content (AvgIpc) is 2.70. The molecule has 0 fully saturated rings. The summed E-state index contributed by atoms with van der Waals surface area (Å²) in [5.41, 5.74) is 1.44. The predicted molar refractivity (Wildman–Crippen MR) is 128 cm³/mol. The van der Waals surface area contributed by atoms with E-state index in [1.807, 2.05) is 32.0 Å². The van der Waals surface area contributed by atoms with Crippen molar-refractivity contribution in [3.63, 3.8) is 0 Å². The van der Waals surface area contributed by atoms with E-state index < -0.39 is 17.8 Å². The van der Waals surface area contributed by atoms with Crippen LogP contribution >= 0.6 is 15.9 Å². The lowest BCUT2D eigenvalue weighted by Crippen LogP contribution is -2.50. The maximum atomic E-state index is 14.2. The Bertz CT molecular complexity index is 956. The van der Waals surface area contributed by atoms with Gasteiger partial charge in [0, 0.05) is 18.2 Å². The fraction of sp³-hybridized carbons (Fsp3) is 0.440. The molecule has 5 nitrogen and oxygen atoms in total. The summed E-state index contributed by atoms with van der Waals surface area (Å²) in [5.74, 6) is -0.619. The highest BCUT2D eigenvalue weighted by atomic mass is 79.9. The van der Waals surface area contributed by atoms with Gasteiger partial charge in [0.15, 0.2) is 6.61 Å². The molecule has 1 atom stereocenters. The zero-order valence-electron chi connectivity index (χ0n) is 19.5. The number of ether oxygens (including phenoxy) is 1. The second kappa shape index (κ2) is 10.9. The first-order valence-corrected chi connectivity index (χ1v) is 11.5. The van der Waals surface area contributed by atoms with Gasteiger partial charge in [0.05, 0.1) is 4.47 Å². The number of carbonyl (C=O) groups is 2. The second-order valence-corrected chi connectivity index (χ2v) is 9.99. The van der Waals surface area contributed by atoms with E-state index in [0.29, 0.717) is 11.3 Å². The predicted octanol–water partition coefficient (Wildman–Crippen LogP) is 5.21. The standard InChI is InChI=1S/C25H32BrFN2O3/c1-16(2)28-24(31)17(3)29(14-18-9-7-8-10-21(18)27)23(30)15-32-22-12-11-19(13-20(22)26)25(4,5)6/h7-13,16-17H,14-15H2,1-6H3,(H,28,31)/t17-/m0/s1. The van der Waals surface area contributed by atoms with Crippen LogP contribution in [0, 0.1) is 5.82 Å². The number of amides is 2. The van der Waals surface area contributed by atoms with Gasteiger partial charge in [0.25, 0.3) is 5.91 Å². The van der Waals surface area contributed by atoms with Crippen LogP contribution in [0.15, 0.2) is 46.9 Å². The van der Waals surface area contributed by atoms with E-state index in [1.165, 1.54) is 11.0 Å². The maximum absolute atomic E-state index is 14.2. The molecule has 2 aromatic carbocycles. The van der Waals surface area contributed by atoms with Crippen molar-refractivity contribution in [2.45, 2.75) is 65.6 Å². The first-order chi connectivity index (χ1) is 14.9. The van der Waals surface area contributed by atoms with E-state index >= 15 is 0 Å². The summed E-state index contributed by atoms with van der Waals surface area (Å²) in [7, 11) is 0. The normalized spacial score (nSPS) is 12.4. The molecule has 0 aromatic heterocycles. The molecule has 2 aromatic rings. The van der Waals surface area contributed by atoms with Crippen molar-refractivity contribution in [3.8, 4) is 5.75 Å². The zero-order chi connectivity index (χ0) is 24.1. The van der Waals surface area contributed by atoms with Crippen LogP contribution in [0.4, 0.5) is 4.39 Å². The molecule has 0 saturated heterocycles. The molecule has 174 valence electrons. The van der Waals surface area contributed by atoms with Crippen LogP contribution in [0.1, 0.15) is 52.7 Å². The molecule has 0 heterocycles. The Morgan fingerprint density at radius 3 is 2.34 bits per heavy atom. The molecule has 0 aliphatic carbocycles. The van der Waals surface area contributed by atoms with Crippen LogP contribution in [0.5, 0.6) is 5.75 Å². The molecule has 1 N–H and O–H groups in total. The molecule has 0 bridgehead atoms. The van der Waals surface area contributed by atoms with E-state index in [1.54, 1.807) is 25.1 Å². The number of nitrogens with zero attached hydrogens (tertiary/aromatic N) is 1. The summed E-state index contributed by atoms with van der Waals surface area (Å²) in [4.78, 5) is 27.0. The largest absolute Gasteiger partial charge is 0.483 e. The Kier molecular flexibility index (Phi) is 8.84. The third-order valence-corrected chi connectivity index (χ3v) is 5.67. The molecular weight excluding hydrogens is 475 g/mol. The second-order valence-electron chi connectivity index (χ2n) is 9.14. The Morgan fingerprint density at radius 2 is 1.78 bits per heavy atom. The number of benzene rings is 2. The summed E-state index contributed by atoms with van der Waals surface area (Å²) in [5, 5.41) is 2.81. The van der Waals surface area contributed by atoms with E-state index in [0.717, 1.165) is 10.0 Å². The quantitative estimate of drug-likeness (QED) is 0.534. The van der Waals surface area contributed by atoms with Crippen LogP contribution in [0.25, 0.3) is 0 Å². The van der Waals surface area contributed by atoms with Gasteiger partial charge in [-0.05, 0) is 65.9 Å². The molecule has 32 heavy (non-hydrogen) atoms. The number of rotatable bonds is 8. The molecule has 7 heteroatoms. The molecule has 0 saturated carbocycles. The molecule has 0 radical (unpaired) electrons. The van der Waals surface area contributed by atoms with Crippen molar-refractivity contribution >= 4 is 27.7 Å². The van der Waals surface area contributed by atoms with Gasteiger partial charge in [-0.1, -0.05) is 45.0 Å². The fourth-order valence-corrected chi connectivity index (χ4v) is 3.60. The van der Waals surface area contributed by atoms with Crippen LogP contribution in [0.3, 0.4) is 0 Å². The summed E-state index contributed by atoms with van der Waals surface area (Å²) in [6, 6.07) is 11.1. The van der Waals surface area contributed by atoms with E-state index in [2.05, 4.69) is 42.0 Å². The van der Waals surface area contributed by atoms with Crippen LogP contribution in [-0.4, -0.2) is 35.4 Å².